The van der Waals surface area contributed by atoms with Crippen molar-refractivity contribution in [2.45, 2.75) is 33.2 Å². The summed E-state index contributed by atoms with van der Waals surface area (Å²) in [6.45, 7) is 4.94. The molecule has 0 atom stereocenters. The van der Waals surface area contributed by atoms with Gasteiger partial charge >= 0.3 is 0 Å². The van der Waals surface area contributed by atoms with Crippen molar-refractivity contribution in [1.29, 1.82) is 0 Å². The molecule has 138 valence electrons. The first-order valence-electron chi connectivity index (χ1n) is 8.58. The number of aromatic nitrogens is 2. The van der Waals surface area contributed by atoms with Gasteiger partial charge in [0, 0.05) is 32.3 Å². The average Bonchev–Trinajstić information content (AvgIpc) is 2.64. The minimum Gasteiger partial charge on any atom is -0.352 e. The molecule has 0 aliphatic heterocycles. The van der Waals surface area contributed by atoms with Gasteiger partial charge in [-0.05, 0) is 31.0 Å². The topological polar surface area (TPSA) is 75.2 Å². The van der Waals surface area contributed by atoms with Crippen molar-refractivity contribution in [1.82, 2.24) is 20.2 Å². The number of amides is 2. The Bertz CT molecular complexity index is 732. The molecule has 2 amide bonds. The van der Waals surface area contributed by atoms with Crippen LogP contribution in [0.25, 0.3) is 0 Å². The molecule has 2 rings (SSSR count). The molecule has 0 fully saturated rings. The fourth-order valence-corrected chi connectivity index (χ4v) is 2.38. The van der Waals surface area contributed by atoms with Gasteiger partial charge in [0.05, 0.1) is 11.9 Å². The van der Waals surface area contributed by atoms with E-state index in [0.29, 0.717) is 19.6 Å². The summed E-state index contributed by atoms with van der Waals surface area (Å²) in [7, 11) is 0. The Morgan fingerprint density at radius 3 is 2.46 bits per heavy atom. The predicted octanol–water partition coefficient (Wildman–Crippen LogP) is 2.48. The highest BCUT2D eigenvalue weighted by atomic mass is 19.1. The number of benzene rings is 1. The van der Waals surface area contributed by atoms with Gasteiger partial charge in [-0.1, -0.05) is 19.1 Å². The van der Waals surface area contributed by atoms with Crippen molar-refractivity contribution in [3.63, 3.8) is 0 Å². The highest BCUT2D eigenvalue weighted by Gasteiger charge is 2.17. The number of hydrogen-bond donors (Lipinski definition) is 1. The minimum atomic E-state index is -0.312. The lowest BCUT2D eigenvalue weighted by molar-refractivity contribution is -0.121. The molecule has 1 aromatic heterocycles. The zero-order valence-electron chi connectivity index (χ0n) is 15.0. The molecule has 0 saturated carbocycles. The van der Waals surface area contributed by atoms with Crippen LogP contribution in [0.5, 0.6) is 0 Å². The van der Waals surface area contributed by atoms with Crippen LogP contribution in [0.3, 0.4) is 0 Å². The summed E-state index contributed by atoms with van der Waals surface area (Å²) in [5.41, 5.74) is 1.83. The van der Waals surface area contributed by atoms with Gasteiger partial charge < -0.3 is 10.2 Å². The van der Waals surface area contributed by atoms with Crippen LogP contribution in [0.15, 0.2) is 36.7 Å². The van der Waals surface area contributed by atoms with E-state index in [-0.39, 0.29) is 29.7 Å². The van der Waals surface area contributed by atoms with E-state index < -0.39 is 0 Å². The molecule has 0 bridgehead atoms. The molecule has 0 aliphatic carbocycles. The van der Waals surface area contributed by atoms with E-state index in [9.17, 15) is 14.0 Å². The van der Waals surface area contributed by atoms with Crippen LogP contribution in [0.4, 0.5) is 4.39 Å². The maximum Gasteiger partial charge on any atom is 0.274 e. The predicted molar refractivity (Wildman–Crippen MR) is 95.8 cm³/mol. The van der Waals surface area contributed by atoms with Crippen molar-refractivity contribution in [2.75, 3.05) is 13.1 Å². The van der Waals surface area contributed by atoms with Crippen molar-refractivity contribution in [2.24, 2.45) is 0 Å². The third kappa shape index (κ3) is 5.91. The molecule has 2 aromatic rings. The number of carbonyl (C=O) groups excluding carboxylic acids is 2. The van der Waals surface area contributed by atoms with Crippen LogP contribution in [0.1, 0.15) is 41.5 Å². The number of nitrogens with zero attached hydrogens (tertiary/aromatic N) is 3. The van der Waals surface area contributed by atoms with E-state index in [4.69, 9.17) is 0 Å². The first-order valence-corrected chi connectivity index (χ1v) is 8.58. The Morgan fingerprint density at radius 2 is 1.85 bits per heavy atom. The Morgan fingerprint density at radius 1 is 1.12 bits per heavy atom. The molecular formula is C19H23FN4O2. The Balaban J connectivity index is 1.86. The van der Waals surface area contributed by atoms with Crippen molar-refractivity contribution < 1.29 is 14.0 Å². The second kappa shape index (κ2) is 9.60. The number of rotatable bonds is 8. The molecule has 1 heterocycles. The summed E-state index contributed by atoms with van der Waals surface area (Å²) in [5, 5.41) is 2.77. The molecule has 7 heteroatoms. The summed E-state index contributed by atoms with van der Waals surface area (Å²) in [4.78, 5) is 34.4. The lowest BCUT2D eigenvalue weighted by Crippen LogP contribution is -2.36. The van der Waals surface area contributed by atoms with Crippen molar-refractivity contribution in [3.8, 4) is 0 Å². The number of aryl methyl sites for hydroxylation is 1. The van der Waals surface area contributed by atoms with Gasteiger partial charge in [0.2, 0.25) is 5.91 Å². The van der Waals surface area contributed by atoms with E-state index in [1.807, 2.05) is 6.92 Å². The van der Waals surface area contributed by atoms with Gasteiger partial charge in [-0.25, -0.2) is 9.37 Å². The molecule has 6 nitrogen and oxygen atoms in total. The summed E-state index contributed by atoms with van der Waals surface area (Å²) in [5.74, 6) is -0.711. The molecule has 0 saturated heterocycles. The van der Waals surface area contributed by atoms with Gasteiger partial charge in [0.25, 0.3) is 5.91 Å². The molecule has 0 spiro atoms. The zero-order chi connectivity index (χ0) is 18.9. The third-order valence-corrected chi connectivity index (χ3v) is 3.79. The molecule has 0 unspecified atom stereocenters. The molecule has 1 N–H and O–H groups in total. The van der Waals surface area contributed by atoms with E-state index in [0.717, 1.165) is 17.7 Å². The Labute approximate surface area is 152 Å². The van der Waals surface area contributed by atoms with Gasteiger partial charge in [-0.2, -0.15) is 0 Å². The summed E-state index contributed by atoms with van der Waals surface area (Å²) in [6.07, 6.45) is 3.97. The molecule has 0 radical (unpaired) electrons. The Kier molecular flexibility index (Phi) is 7.20. The fourth-order valence-electron chi connectivity index (χ4n) is 2.38. The van der Waals surface area contributed by atoms with Crippen LogP contribution in [-0.2, 0) is 11.3 Å². The van der Waals surface area contributed by atoms with Crippen LogP contribution in [-0.4, -0.2) is 39.8 Å². The van der Waals surface area contributed by atoms with Crippen molar-refractivity contribution in [3.05, 3.63) is 59.4 Å². The van der Waals surface area contributed by atoms with Gasteiger partial charge in [0.15, 0.2) is 0 Å². The molecule has 26 heavy (non-hydrogen) atoms. The monoisotopic (exact) mass is 358 g/mol. The second-order valence-corrected chi connectivity index (χ2v) is 5.99. The number of hydrogen-bond acceptors (Lipinski definition) is 4. The summed E-state index contributed by atoms with van der Waals surface area (Å²) < 4.78 is 12.9. The number of halogens is 1. The first-order chi connectivity index (χ1) is 12.5. The normalized spacial score (nSPS) is 10.4. The smallest absolute Gasteiger partial charge is 0.274 e. The van der Waals surface area contributed by atoms with E-state index in [2.05, 4.69) is 15.3 Å². The van der Waals surface area contributed by atoms with Crippen LogP contribution in [0, 0.1) is 12.7 Å². The van der Waals surface area contributed by atoms with Crippen molar-refractivity contribution >= 4 is 11.8 Å². The molecule has 1 aromatic carbocycles. The van der Waals surface area contributed by atoms with E-state index in [1.165, 1.54) is 18.3 Å². The second-order valence-electron chi connectivity index (χ2n) is 5.99. The maximum absolute atomic E-state index is 12.9. The fraction of sp³-hybridized carbons (Fsp3) is 0.368. The Hall–Kier alpha value is -2.83. The van der Waals surface area contributed by atoms with E-state index >= 15 is 0 Å². The number of nitrogens with one attached hydrogen (secondary N) is 1. The highest BCUT2D eigenvalue weighted by molar-refractivity contribution is 5.92. The summed E-state index contributed by atoms with van der Waals surface area (Å²) in [6, 6.07) is 5.95. The maximum atomic E-state index is 12.9. The minimum absolute atomic E-state index is 0.168. The SMILES string of the molecule is CCCN(CCC(=O)NCc1ccc(F)cc1)C(=O)c1cnc(C)cn1. The standard InChI is InChI=1S/C19H23FN4O2/c1-3-9-24(19(26)17-13-21-14(2)11-22-17)10-8-18(25)23-12-15-4-6-16(20)7-5-15/h4-7,11,13H,3,8-10,12H2,1-2H3,(H,23,25). The third-order valence-electron chi connectivity index (χ3n) is 3.79. The number of carbonyl (C=O) groups is 2. The lowest BCUT2D eigenvalue weighted by atomic mass is 10.2. The molecular weight excluding hydrogens is 335 g/mol. The quantitative estimate of drug-likeness (QED) is 0.787. The van der Waals surface area contributed by atoms with Gasteiger partial charge in [-0.15, -0.1) is 0 Å². The lowest BCUT2D eigenvalue weighted by Gasteiger charge is -2.21. The highest BCUT2D eigenvalue weighted by Crippen LogP contribution is 2.05. The van der Waals surface area contributed by atoms with Crippen LogP contribution < -0.4 is 5.32 Å². The van der Waals surface area contributed by atoms with Crippen LogP contribution in [0.2, 0.25) is 0 Å². The zero-order valence-corrected chi connectivity index (χ0v) is 15.0. The van der Waals surface area contributed by atoms with Gasteiger partial charge in [0.1, 0.15) is 11.5 Å². The first kappa shape index (κ1) is 19.5. The molecule has 0 aliphatic rings. The van der Waals surface area contributed by atoms with Crippen LogP contribution >= 0.6 is 0 Å². The largest absolute Gasteiger partial charge is 0.352 e. The average molecular weight is 358 g/mol. The van der Waals surface area contributed by atoms with Gasteiger partial charge in [-0.3, -0.25) is 14.6 Å². The van der Waals surface area contributed by atoms with E-state index in [1.54, 1.807) is 30.2 Å². The summed E-state index contributed by atoms with van der Waals surface area (Å²) >= 11 is 0.